The van der Waals surface area contributed by atoms with Crippen molar-refractivity contribution < 1.29 is 17.9 Å². The summed E-state index contributed by atoms with van der Waals surface area (Å²) in [6.07, 6.45) is 6.17. The third kappa shape index (κ3) is 4.46. The molecule has 25 heavy (non-hydrogen) atoms. The second kappa shape index (κ2) is 7.79. The van der Waals surface area contributed by atoms with E-state index in [9.17, 15) is 8.42 Å². The summed E-state index contributed by atoms with van der Waals surface area (Å²) < 4.78 is 38.9. The quantitative estimate of drug-likeness (QED) is 0.846. The number of para-hydroxylation sites is 1. The van der Waals surface area contributed by atoms with Gasteiger partial charge in [-0.15, -0.1) is 0 Å². The zero-order valence-electron chi connectivity index (χ0n) is 14.0. The summed E-state index contributed by atoms with van der Waals surface area (Å²) in [6, 6.07) is 8.58. The van der Waals surface area contributed by atoms with Crippen molar-refractivity contribution in [3.8, 4) is 11.8 Å². The van der Waals surface area contributed by atoms with Crippen LogP contribution in [0.2, 0.25) is 0 Å². The fourth-order valence-electron chi connectivity index (χ4n) is 2.92. The van der Waals surface area contributed by atoms with Crippen molar-refractivity contribution >= 4 is 10.0 Å². The fraction of sp³-hybridized carbons (Fsp3) is 0.412. The normalized spacial score (nSPS) is 20.8. The molecular weight excluding hydrogens is 342 g/mol. The van der Waals surface area contributed by atoms with Crippen molar-refractivity contribution in [1.29, 1.82) is 0 Å². The van der Waals surface area contributed by atoms with Gasteiger partial charge in [0.15, 0.2) is 0 Å². The van der Waals surface area contributed by atoms with E-state index in [1.165, 1.54) is 7.11 Å². The first-order chi connectivity index (χ1) is 12.1. The van der Waals surface area contributed by atoms with Gasteiger partial charge in [0.1, 0.15) is 16.7 Å². The minimum absolute atomic E-state index is 0.00872. The molecule has 1 aromatic carbocycles. The topological polar surface area (TPSA) is 90.4 Å². The van der Waals surface area contributed by atoms with Gasteiger partial charge in [0.2, 0.25) is 10.0 Å². The monoisotopic (exact) mass is 363 g/mol. The van der Waals surface area contributed by atoms with E-state index in [0.29, 0.717) is 24.6 Å². The highest BCUT2D eigenvalue weighted by Crippen LogP contribution is 2.26. The summed E-state index contributed by atoms with van der Waals surface area (Å²) in [7, 11) is -2.16. The number of aromatic nitrogens is 2. The molecule has 0 bridgehead atoms. The molecule has 8 heteroatoms. The highest BCUT2D eigenvalue weighted by molar-refractivity contribution is 7.89. The van der Waals surface area contributed by atoms with Crippen molar-refractivity contribution in [2.45, 2.75) is 42.7 Å². The Balaban J connectivity index is 1.58. The molecule has 0 unspecified atom stereocenters. The molecule has 1 fully saturated rings. The third-order valence-corrected chi connectivity index (χ3v) is 5.73. The van der Waals surface area contributed by atoms with Gasteiger partial charge in [-0.05, 0) is 43.9 Å². The molecule has 134 valence electrons. The van der Waals surface area contributed by atoms with Crippen LogP contribution in [0.3, 0.4) is 0 Å². The van der Waals surface area contributed by atoms with Gasteiger partial charge < -0.3 is 9.47 Å². The van der Waals surface area contributed by atoms with Gasteiger partial charge in [-0.2, -0.15) is 0 Å². The van der Waals surface area contributed by atoms with Crippen molar-refractivity contribution in [2.75, 3.05) is 7.11 Å². The zero-order chi connectivity index (χ0) is 17.7. The van der Waals surface area contributed by atoms with Crippen LogP contribution in [0.5, 0.6) is 11.8 Å². The van der Waals surface area contributed by atoms with Gasteiger partial charge in [0.25, 0.3) is 0 Å². The maximum Gasteiger partial charge on any atom is 0.316 e. The lowest BCUT2D eigenvalue weighted by atomic mass is 9.94. The standard InChI is InChI=1S/C17H21N3O4S/c1-23-15-5-2-3-6-16(15)25(21,22)20-13-7-9-14(10-8-13)24-17-18-11-4-12-19-17/h2-6,11-14,20H,7-10H2,1H3. The molecular formula is C17H21N3O4S. The summed E-state index contributed by atoms with van der Waals surface area (Å²) in [5, 5.41) is 0. The van der Waals surface area contributed by atoms with Gasteiger partial charge in [-0.1, -0.05) is 12.1 Å². The van der Waals surface area contributed by atoms with Crippen molar-refractivity contribution in [3.63, 3.8) is 0 Å². The molecule has 2 aromatic rings. The Bertz CT molecular complexity index is 791. The summed E-state index contributed by atoms with van der Waals surface area (Å²) in [4.78, 5) is 8.26. The van der Waals surface area contributed by atoms with Gasteiger partial charge in [0.05, 0.1) is 7.11 Å². The summed E-state index contributed by atoms with van der Waals surface area (Å²) >= 11 is 0. The summed E-state index contributed by atoms with van der Waals surface area (Å²) in [5.74, 6) is 0.341. The first-order valence-corrected chi connectivity index (χ1v) is 9.66. The molecule has 1 aliphatic rings. The van der Waals surface area contributed by atoms with Crippen LogP contribution in [0.1, 0.15) is 25.7 Å². The average Bonchev–Trinajstić information content (AvgIpc) is 2.64. The van der Waals surface area contributed by atoms with E-state index >= 15 is 0 Å². The third-order valence-electron chi connectivity index (χ3n) is 4.17. The average molecular weight is 363 g/mol. The maximum absolute atomic E-state index is 12.6. The van der Waals surface area contributed by atoms with Crippen LogP contribution in [0.4, 0.5) is 0 Å². The van der Waals surface area contributed by atoms with E-state index in [-0.39, 0.29) is 17.0 Å². The number of nitrogens with one attached hydrogen (secondary N) is 1. The molecule has 1 aromatic heterocycles. The molecule has 0 radical (unpaired) electrons. The van der Waals surface area contributed by atoms with Gasteiger partial charge in [0, 0.05) is 18.4 Å². The molecule has 1 saturated carbocycles. The van der Waals surface area contributed by atoms with Crippen LogP contribution in [-0.2, 0) is 10.0 Å². The van der Waals surface area contributed by atoms with E-state index in [1.54, 1.807) is 42.7 Å². The number of rotatable bonds is 6. The fourth-order valence-corrected chi connectivity index (χ4v) is 4.39. The largest absolute Gasteiger partial charge is 0.495 e. The molecule has 1 aliphatic carbocycles. The van der Waals surface area contributed by atoms with Crippen LogP contribution in [0, 0.1) is 0 Å². The van der Waals surface area contributed by atoms with Crippen LogP contribution in [0.15, 0.2) is 47.6 Å². The minimum atomic E-state index is -3.62. The van der Waals surface area contributed by atoms with Gasteiger partial charge >= 0.3 is 6.01 Å². The number of ether oxygens (including phenoxy) is 2. The Hall–Kier alpha value is -2.19. The Labute approximate surface area is 147 Å². The molecule has 0 amide bonds. The first-order valence-electron chi connectivity index (χ1n) is 8.17. The van der Waals surface area contributed by atoms with Crippen LogP contribution >= 0.6 is 0 Å². The molecule has 7 nitrogen and oxygen atoms in total. The predicted octanol–water partition coefficient (Wildman–Crippen LogP) is 2.15. The lowest BCUT2D eigenvalue weighted by Crippen LogP contribution is -2.39. The van der Waals surface area contributed by atoms with E-state index in [0.717, 1.165) is 12.8 Å². The number of sulfonamides is 1. The van der Waals surface area contributed by atoms with Crippen LogP contribution < -0.4 is 14.2 Å². The molecule has 0 aliphatic heterocycles. The van der Waals surface area contributed by atoms with Crippen molar-refractivity contribution in [2.24, 2.45) is 0 Å². The maximum atomic E-state index is 12.6. The Kier molecular flexibility index (Phi) is 5.50. The van der Waals surface area contributed by atoms with Gasteiger partial charge in [-0.3, -0.25) is 0 Å². The van der Waals surface area contributed by atoms with E-state index in [4.69, 9.17) is 9.47 Å². The molecule has 1 N–H and O–H groups in total. The Morgan fingerprint density at radius 1 is 1.04 bits per heavy atom. The predicted molar refractivity (Wildman–Crippen MR) is 92.0 cm³/mol. The number of benzene rings is 1. The van der Waals surface area contributed by atoms with Crippen LogP contribution in [0.25, 0.3) is 0 Å². The number of methoxy groups -OCH3 is 1. The number of hydrogen-bond acceptors (Lipinski definition) is 6. The summed E-state index contributed by atoms with van der Waals surface area (Å²) in [6.45, 7) is 0. The minimum Gasteiger partial charge on any atom is -0.495 e. The second-order valence-electron chi connectivity index (χ2n) is 5.89. The lowest BCUT2D eigenvalue weighted by Gasteiger charge is -2.28. The van der Waals surface area contributed by atoms with E-state index in [1.807, 2.05) is 0 Å². The first kappa shape index (κ1) is 17.6. The molecule has 0 saturated heterocycles. The molecule has 0 spiro atoms. The second-order valence-corrected chi connectivity index (χ2v) is 7.58. The number of hydrogen-bond donors (Lipinski definition) is 1. The highest BCUT2D eigenvalue weighted by atomic mass is 32.2. The molecule has 0 atom stereocenters. The Morgan fingerprint density at radius 3 is 2.40 bits per heavy atom. The molecule has 1 heterocycles. The summed E-state index contributed by atoms with van der Waals surface area (Å²) in [5.41, 5.74) is 0. The lowest BCUT2D eigenvalue weighted by molar-refractivity contribution is 0.132. The highest BCUT2D eigenvalue weighted by Gasteiger charge is 2.28. The smallest absolute Gasteiger partial charge is 0.316 e. The Morgan fingerprint density at radius 2 is 1.72 bits per heavy atom. The van der Waals surface area contributed by atoms with Crippen molar-refractivity contribution in [3.05, 3.63) is 42.7 Å². The van der Waals surface area contributed by atoms with Crippen molar-refractivity contribution in [1.82, 2.24) is 14.7 Å². The van der Waals surface area contributed by atoms with E-state index in [2.05, 4.69) is 14.7 Å². The molecule has 3 rings (SSSR count). The SMILES string of the molecule is COc1ccccc1S(=O)(=O)NC1CCC(Oc2ncccn2)CC1. The van der Waals surface area contributed by atoms with Gasteiger partial charge in [-0.25, -0.2) is 23.1 Å². The van der Waals surface area contributed by atoms with E-state index < -0.39 is 10.0 Å². The number of nitrogens with zero attached hydrogens (tertiary/aromatic N) is 2. The zero-order valence-corrected chi connectivity index (χ0v) is 14.8. The van der Waals surface area contributed by atoms with Crippen LogP contribution in [-0.4, -0.2) is 37.6 Å².